The molecule has 0 radical (unpaired) electrons. The molecule has 10 nitrogen and oxygen atoms in total. The Bertz CT molecular complexity index is 1930. The number of aliphatic hydroxyl groups is 1. The molecule has 1 aliphatic carbocycles. The van der Waals surface area contributed by atoms with Crippen molar-refractivity contribution in [2.75, 3.05) is 23.4 Å². The fourth-order valence-corrected chi connectivity index (χ4v) is 7.68. The van der Waals surface area contributed by atoms with Crippen LogP contribution in [-0.2, 0) is 32.4 Å². The highest BCUT2D eigenvalue weighted by atomic mass is 32.2. The molecule has 4 aromatic rings. The predicted octanol–water partition coefficient (Wildman–Crippen LogP) is 4.90. The summed E-state index contributed by atoms with van der Waals surface area (Å²) >= 11 is 0. The van der Waals surface area contributed by atoms with E-state index in [0.29, 0.717) is 41.6 Å². The van der Waals surface area contributed by atoms with Gasteiger partial charge in [-0.05, 0) is 98.7 Å². The number of fused-ring (bicyclic) bond motifs is 1. The van der Waals surface area contributed by atoms with Crippen LogP contribution in [0.1, 0.15) is 48.4 Å². The van der Waals surface area contributed by atoms with E-state index in [1.54, 1.807) is 38.2 Å². The predicted molar refractivity (Wildman–Crippen MR) is 181 cm³/mol. The summed E-state index contributed by atoms with van der Waals surface area (Å²) in [5.41, 5.74) is 10.2. The second kappa shape index (κ2) is 13.7. The average Bonchev–Trinajstić information content (AvgIpc) is 3.87. The first-order chi connectivity index (χ1) is 22.2. The Morgan fingerprint density at radius 3 is 2.43 bits per heavy atom. The van der Waals surface area contributed by atoms with Gasteiger partial charge in [0.05, 0.1) is 28.9 Å². The van der Waals surface area contributed by atoms with Gasteiger partial charge >= 0.3 is 0 Å². The van der Waals surface area contributed by atoms with E-state index in [1.807, 2.05) is 32.0 Å². The standard InChI is InChI=1S/C35H40FN5O5S/c1-20-6-5-7-21(2)29(20)16-26(42)17-33(43)40-24-9-13-32(47(45,46)27-10-11-27)23(14-24)19-41(4)35(44)22(3)39-25-8-12-28-30(15-25)31(36)18-38-34(28)37/h5-9,12-15,18,22,26-27,39,42H,10-11,16-17,19H2,1-4H3,(H2,37,38)(H,40,43). The van der Waals surface area contributed by atoms with E-state index in [2.05, 4.69) is 15.6 Å². The maximum absolute atomic E-state index is 14.4. The third-order valence-electron chi connectivity index (χ3n) is 8.53. The number of hydrogen-bond acceptors (Lipinski definition) is 8. The number of rotatable bonds is 12. The molecule has 1 saturated carbocycles. The van der Waals surface area contributed by atoms with Gasteiger partial charge < -0.3 is 26.4 Å². The van der Waals surface area contributed by atoms with Crippen molar-refractivity contribution in [2.24, 2.45) is 0 Å². The molecule has 0 bridgehead atoms. The van der Waals surface area contributed by atoms with Crippen molar-refractivity contribution in [3.05, 3.63) is 88.9 Å². The third kappa shape index (κ3) is 7.71. The summed E-state index contributed by atoms with van der Waals surface area (Å²) in [6.45, 7) is 5.54. The second-order valence-electron chi connectivity index (χ2n) is 12.4. The first kappa shape index (κ1) is 33.8. The smallest absolute Gasteiger partial charge is 0.244 e. The van der Waals surface area contributed by atoms with Gasteiger partial charge in [0, 0.05) is 35.7 Å². The number of benzene rings is 3. The number of likely N-dealkylation sites (N-methyl/N-ethyl adjacent to an activating group) is 1. The molecule has 0 spiro atoms. The number of halogens is 1. The summed E-state index contributed by atoms with van der Waals surface area (Å²) in [6.07, 6.45) is 1.46. The van der Waals surface area contributed by atoms with E-state index in [-0.39, 0.29) is 35.0 Å². The maximum Gasteiger partial charge on any atom is 0.244 e. The second-order valence-corrected chi connectivity index (χ2v) is 14.6. The molecule has 1 aliphatic rings. The lowest BCUT2D eigenvalue weighted by Gasteiger charge is -2.24. The van der Waals surface area contributed by atoms with Crippen LogP contribution in [0.5, 0.6) is 0 Å². The van der Waals surface area contributed by atoms with Crippen LogP contribution in [-0.4, -0.2) is 59.7 Å². The summed E-state index contributed by atoms with van der Waals surface area (Å²) in [5, 5.41) is 16.8. The zero-order valence-corrected chi connectivity index (χ0v) is 27.7. The quantitative estimate of drug-likeness (QED) is 0.167. The molecule has 2 amide bonds. The van der Waals surface area contributed by atoms with Crippen molar-refractivity contribution in [1.29, 1.82) is 0 Å². The van der Waals surface area contributed by atoms with Crippen LogP contribution >= 0.6 is 0 Å². The lowest BCUT2D eigenvalue weighted by Crippen LogP contribution is -2.39. The highest BCUT2D eigenvalue weighted by Crippen LogP contribution is 2.36. The van der Waals surface area contributed by atoms with Crippen LogP contribution in [0.4, 0.5) is 21.6 Å². The van der Waals surface area contributed by atoms with E-state index in [4.69, 9.17) is 5.73 Å². The molecule has 1 fully saturated rings. The lowest BCUT2D eigenvalue weighted by atomic mass is 9.96. The number of carbonyl (C=O) groups excluding carboxylic acids is 2. The number of pyridine rings is 1. The number of aliphatic hydroxyl groups excluding tert-OH is 1. The number of nitrogens with zero attached hydrogens (tertiary/aromatic N) is 2. The first-order valence-corrected chi connectivity index (χ1v) is 17.0. The van der Waals surface area contributed by atoms with Crippen LogP contribution in [0.25, 0.3) is 10.8 Å². The van der Waals surface area contributed by atoms with Crippen molar-refractivity contribution in [1.82, 2.24) is 9.88 Å². The normalized spacial score (nSPS) is 14.4. The minimum atomic E-state index is -3.63. The number of aryl methyl sites for hydroxylation is 2. The molecular weight excluding hydrogens is 621 g/mol. The molecule has 2 unspecified atom stereocenters. The lowest BCUT2D eigenvalue weighted by molar-refractivity contribution is -0.130. The number of nitrogens with one attached hydrogen (secondary N) is 2. The number of aromatic nitrogens is 1. The van der Waals surface area contributed by atoms with Crippen molar-refractivity contribution in [3.63, 3.8) is 0 Å². The van der Waals surface area contributed by atoms with E-state index in [0.717, 1.165) is 22.9 Å². The number of carbonyl (C=O) groups is 2. The molecule has 12 heteroatoms. The molecule has 47 heavy (non-hydrogen) atoms. The van der Waals surface area contributed by atoms with Crippen molar-refractivity contribution < 1.29 is 27.5 Å². The molecule has 0 aliphatic heterocycles. The molecular formula is C35H40FN5O5S. The highest BCUT2D eigenvalue weighted by molar-refractivity contribution is 7.92. The van der Waals surface area contributed by atoms with Gasteiger partial charge in [-0.2, -0.15) is 0 Å². The highest BCUT2D eigenvalue weighted by Gasteiger charge is 2.38. The van der Waals surface area contributed by atoms with Gasteiger partial charge in [-0.15, -0.1) is 0 Å². The first-order valence-electron chi connectivity index (χ1n) is 15.5. The van der Waals surface area contributed by atoms with Crippen molar-refractivity contribution in [2.45, 2.75) is 75.3 Å². The maximum atomic E-state index is 14.4. The number of nitrogens with two attached hydrogens (primary N) is 1. The fraction of sp³-hybridized carbons (Fsp3) is 0.343. The largest absolute Gasteiger partial charge is 0.392 e. The van der Waals surface area contributed by atoms with Gasteiger partial charge in [0.15, 0.2) is 9.84 Å². The van der Waals surface area contributed by atoms with Gasteiger partial charge in [0.1, 0.15) is 17.7 Å². The minimum absolute atomic E-state index is 0.0421. The summed E-state index contributed by atoms with van der Waals surface area (Å²) in [4.78, 5) is 31.7. The van der Waals surface area contributed by atoms with Gasteiger partial charge in [0.25, 0.3) is 0 Å². The number of hydrogen-bond donors (Lipinski definition) is 4. The van der Waals surface area contributed by atoms with Crippen molar-refractivity contribution >= 4 is 49.6 Å². The molecule has 5 rings (SSSR count). The fourth-order valence-electron chi connectivity index (χ4n) is 5.82. The van der Waals surface area contributed by atoms with Crippen LogP contribution in [0.2, 0.25) is 0 Å². The topological polar surface area (TPSA) is 155 Å². The molecule has 5 N–H and O–H groups in total. The van der Waals surface area contributed by atoms with Gasteiger partial charge in [0.2, 0.25) is 11.8 Å². The van der Waals surface area contributed by atoms with Crippen LogP contribution in [0, 0.1) is 19.7 Å². The van der Waals surface area contributed by atoms with E-state index < -0.39 is 39.0 Å². The Balaban J connectivity index is 1.30. The summed E-state index contributed by atoms with van der Waals surface area (Å²) < 4.78 is 41.0. The van der Waals surface area contributed by atoms with Crippen LogP contribution in [0.3, 0.4) is 0 Å². The minimum Gasteiger partial charge on any atom is -0.392 e. The molecule has 1 heterocycles. The molecule has 2 atom stereocenters. The Hall–Kier alpha value is -4.55. The van der Waals surface area contributed by atoms with E-state index in [1.165, 1.54) is 17.0 Å². The van der Waals surface area contributed by atoms with E-state index >= 15 is 0 Å². The number of anilines is 3. The molecule has 248 valence electrons. The van der Waals surface area contributed by atoms with Gasteiger partial charge in [-0.1, -0.05) is 18.2 Å². The van der Waals surface area contributed by atoms with Crippen LogP contribution < -0.4 is 16.4 Å². The monoisotopic (exact) mass is 661 g/mol. The summed E-state index contributed by atoms with van der Waals surface area (Å²) in [6, 6.07) is 14.5. The van der Waals surface area contributed by atoms with E-state index in [9.17, 15) is 27.5 Å². The molecule has 1 aromatic heterocycles. The Morgan fingerprint density at radius 1 is 1.06 bits per heavy atom. The number of amides is 2. The van der Waals surface area contributed by atoms with Gasteiger partial charge in [-0.25, -0.2) is 17.8 Å². The summed E-state index contributed by atoms with van der Waals surface area (Å²) in [5.74, 6) is -1.10. The van der Waals surface area contributed by atoms with Crippen molar-refractivity contribution in [3.8, 4) is 0 Å². The Labute approximate surface area is 274 Å². The molecule has 3 aromatic carbocycles. The average molecular weight is 662 g/mol. The number of nitrogen functional groups attached to an aromatic ring is 1. The van der Waals surface area contributed by atoms with Gasteiger partial charge in [-0.3, -0.25) is 9.59 Å². The SMILES string of the molecule is Cc1cccc(C)c1CC(O)CC(=O)Nc1ccc(S(=O)(=O)C2CC2)c(CN(C)C(=O)C(C)Nc2ccc3c(N)ncc(F)c3c2)c1. The molecule has 0 saturated heterocycles. The Kier molecular flexibility index (Phi) is 9.83. The Morgan fingerprint density at radius 2 is 1.74 bits per heavy atom. The zero-order valence-electron chi connectivity index (χ0n) is 26.9. The zero-order chi connectivity index (χ0) is 34.0. The summed E-state index contributed by atoms with van der Waals surface area (Å²) in [7, 11) is -2.06. The number of sulfone groups is 1. The third-order valence-corrected chi connectivity index (χ3v) is 10.9. The van der Waals surface area contributed by atoms with Crippen LogP contribution in [0.15, 0.2) is 65.7 Å².